The van der Waals surface area contributed by atoms with Gasteiger partial charge in [0, 0.05) is 11.1 Å². The maximum atomic E-state index is 6.59. The third-order valence-electron chi connectivity index (χ3n) is 5.96. The Morgan fingerprint density at radius 3 is 2.57 bits per heavy atom. The van der Waals surface area contributed by atoms with Crippen molar-refractivity contribution >= 4 is 11.6 Å². The number of ether oxygens (including phenoxy) is 2. The monoisotopic (exact) mass is 402 g/mol. The lowest BCUT2D eigenvalue weighted by molar-refractivity contribution is 0.179. The van der Waals surface area contributed by atoms with Crippen LogP contribution in [0, 0.1) is 0 Å². The molecule has 1 aliphatic rings. The molecule has 2 N–H and O–H groups in total. The Labute approximate surface area is 173 Å². The Morgan fingerprint density at radius 1 is 1.07 bits per heavy atom. The highest BCUT2D eigenvalue weighted by atomic mass is 35.5. The molecule has 2 aromatic rings. The topological polar surface area (TPSA) is 42.5 Å². The molecule has 0 amide bonds. The van der Waals surface area contributed by atoms with Gasteiger partial charge in [0.25, 0.3) is 0 Å². The zero-order valence-corrected chi connectivity index (χ0v) is 17.8. The fourth-order valence-electron chi connectivity index (χ4n) is 4.46. The minimum absolute atomic E-state index is 0.131. The van der Waals surface area contributed by atoms with Gasteiger partial charge in [0.05, 0.1) is 19.8 Å². The number of benzene rings is 2. The number of halogens is 1. The van der Waals surface area contributed by atoms with Crippen LogP contribution in [0.1, 0.15) is 36.8 Å². The van der Waals surface area contributed by atoms with E-state index in [4.69, 9.17) is 21.1 Å². The minimum atomic E-state index is -0.131. The van der Waals surface area contributed by atoms with Crippen molar-refractivity contribution in [1.82, 2.24) is 10.6 Å². The smallest absolute Gasteiger partial charge is 0.160 e. The molecule has 0 aromatic heterocycles. The summed E-state index contributed by atoms with van der Waals surface area (Å²) in [5, 5.41) is 8.27. The Hall–Kier alpha value is -1.75. The largest absolute Gasteiger partial charge is 0.493 e. The molecule has 0 saturated heterocycles. The summed E-state index contributed by atoms with van der Waals surface area (Å²) >= 11 is 6.59. The Bertz CT molecular complexity index is 783. The van der Waals surface area contributed by atoms with E-state index in [2.05, 4.69) is 41.9 Å². The number of likely N-dealkylation sites (N-methyl/N-ethyl adjacent to an activating group) is 1. The summed E-state index contributed by atoms with van der Waals surface area (Å²) in [6.45, 7) is 0.897. The van der Waals surface area contributed by atoms with E-state index in [9.17, 15) is 0 Å². The zero-order chi connectivity index (χ0) is 20.0. The number of rotatable bonds is 8. The summed E-state index contributed by atoms with van der Waals surface area (Å²) in [4.78, 5) is 0. The molecule has 1 aliphatic carbocycles. The second kappa shape index (κ2) is 9.64. The van der Waals surface area contributed by atoms with Gasteiger partial charge in [-0.3, -0.25) is 0 Å². The van der Waals surface area contributed by atoms with Crippen molar-refractivity contribution < 1.29 is 9.47 Å². The van der Waals surface area contributed by atoms with Crippen LogP contribution in [0.3, 0.4) is 0 Å². The fourth-order valence-corrected chi connectivity index (χ4v) is 4.76. The quantitative estimate of drug-likeness (QED) is 0.679. The molecule has 0 heterocycles. The zero-order valence-electron chi connectivity index (χ0n) is 17.1. The van der Waals surface area contributed by atoms with E-state index in [1.165, 1.54) is 24.0 Å². The molecule has 3 rings (SSSR count). The molecular formula is C23H31ClN2O2. The van der Waals surface area contributed by atoms with Crippen LogP contribution in [0.2, 0.25) is 5.02 Å². The molecule has 152 valence electrons. The summed E-state index contributed by atoms with van der Waals surface area (Å²) in [5.41, 5.74) is 2.30. The molecule has 4 nitrogen and oxygen atoms in total. The van der Waals surface area contributed by atoms with Gasteiger partial charge in [-0.05, 0) is 62.2 Å². The van der Waals surface area contributed by atoms with E-state index in [1.807, 2.05) is 18.2 Å². The van der Waals surface area contributed by atoms with E-state index in [0.29, 0.717) is 6.04 Å². The van der Waals surface area contributed by atoms with Crippen LogP contribution in [0.4, 0.5) is 0 Å². The molecule has 0 unspecified atom stereocenters. The second-order valence-corrected chi connectivity index (χ2v) is 7.80. The second-order valence-electron chi connectivity index (χ2n) is 7.39. The molecule has 1 fully saturated rings. The predicted molar refractivity (Wildman–Crippen MR) is 116 cm³/mol. The lowest BCUT2D eigenvalue weighted by Crippen LogP contribution is -2.58. The summed E-state index contributed by atoms with van der Waals surface area (Å²) in [7, 11) is 5.39. The molecule has 28 heavy (non-hydrogen) atoms. The molecule has 0 aliphatic heterocycles. The Morgan fingerprint density at radius 2 is 1.86 bits per heavy atom. The summed E-state index contributed by atoms with van der Waals surface area (Å²) in [5.74, 6) is 1.54. The molecule has 1 saturated carbocycles. The molecule has 2 aromatic carbocycles. The Balaban J connectivity index is 1.72. The first-order valence-electron chi connectivity index (χ1n) is 10.0. The lowest BCUT2D eigenvalue weighted by atomic mass is 9.72. The van der Waals surface area contributed by atoms with Crippen molar-refractivity contribution in [3.8, 4) is 11.5 Å². The van der Waals surface area contributed by atoms with Crippen molar-refractivity contribution in [2.75, 3.05) is 27.8 Å². The first kappa shape index (κ1) is 21.0. The standard InChI is InChI=1S/C23H31ClN2O2/c1-25-23(18-8-4-5-9-19(18)24)14-7-6-10-22(23)26-15-13-17-11-12-20(27-2)21(16-17)28-3/h4-5,8-9,11-12,16,22,25-26H,6-7,10,13-15H2,1-3H3/t22-,23-/m0/s1. The van der Waals surface area contributed by atoms with Crippen LogP contribution in [-0.4, -0.2) is 33.9 Å². The molecule has 2 atom stereocenters. The molecule has 5 heteroatoms. The molecule has 0 spiro atoms. The molecule has 0 bridgehead atoms. The van der Waals surface area contributed by atoms with Gasteiger partial charge >= 0.3 is 0 Å². The normalized spacial score (nSPS) is 22.1. The number of methoxy groups -OCH3 is 2. The van der Waals surface area contributed by atoms with Gasteiger partial charge in [-0.1, -0.05) is 48.7 Å². The van der Waals surface area contributed by atoms with E-state index in [1.54, 1.807) is 14.2 Å². The highest BCUT2D eigenvalue weighted by Crippen LogP contribution is 2.40. The van der Waals surface area contributed by atoms with Crippen molar-refractivity contribution in [2.24, 2.45) is 0 Å². The maximum absolute atomic E-state index is 6.59. The average Bonchev–Trinajstić information content (AvgIpc) is 2.74. The van der Waals surface area contributed by atoms with Crippen molar-refractivity contribution in [2.45, 2.75) is 43.7 Å². The summed E-state index contributed by atoms with van der Waals surface area (Å²) in [6, 6.07) is 14.7. The predicted octanol–water partition coefficient (Wildman–Crippen LogP) is 4.55. The van der Waals surface area contributed by atoms with Gasteiger partial charge in [-0.15, -0.1) is 0 Å². The van der Waals surface area contributed by atoms with E-state index in [0.717, 1.165) is 42.3 Å². The van der Waals surface area contributed by atoms with Crippen LogP contribution >= 0.6 is 11.6 Å². The molecule has 0 radical (unpaired) electrons. The minimum Gasteiger partial charge on any atom is -0.493 e. The van der Waals surface area contributed by atoms with Crippen molar-refractivity contribution in [1.29, 1.82) is 0 Å². The van der Waals surface area contributed by atoms with Crippen LogP contribution in [0.25, 0.3) is 0 Å². The van der Waals surface area contributed by atoms with Crippen molar-refractivity contribution in [3.63, 3.8) is 0 Å². The Kier molecular flexibility index (Phi) is 7.22. The highest BCUT2D eigenvalue weighted by Gasteiger charge is 2.41. The third kappa shape index (κ3) is 4.29. The van der Waals surface area contributed by atoms with Crippen LogP contribution in [-0.2, 0) is 12.0 Å². The van der Waals surface area contributed by atoms with Gasteiger partial charge < -0.3 is 20.1 Å². The summed E-state index contributed by atoms with van der Waals surface area (Å²) < 4.78 is 10.8. The molecular weight excluding hydrogens is 372 g/mol. The first-order chi connectivity index (χ1) is 13.6. The fraction of sp³-hybridized carbons (Fsp3) is 0.478. The average molecular weight is 403 g/mol. The van der Waals surface area contributed by atoms with Gasteiger partial charge in [0.1, 0.15) is 0 Å². The van der Waals surface area contributed by atoms with Gasteiger partial charge in [-0.2, -0.15) is 0 Å². The third-order valence-corrected chi connectivity index (χ3v) is 6.29. The number of hydrogen-bond acceptors (Lipinski definition) is 4. The SMILES string of the molecule is CN[C@]1(c2ccccc2Cl)CCCC[C@@H]1NCCc1ccc(OC)c(OC)c1. The van der Waals surface area contributed by atoms with Gasteiger partial charge in [-0.25, -0.2) is 0 Å². The maximum Gasteiger partial charge on any atom is 0.160 e. The van der Waals surface area contributed by atoms with E-state index < -0.39 is 0 Å². The summed E-state index contributed by atoms with van der Waals surface area (Å²) in [6.07, 6.45) is 5.60. The van der Waals surface area contributed by atoms with Crippen LogP contribution < -0.4 is 20.1 Å². The van der Waals surface area contributed by atoms with E-state index in [-0.39, 0.29) is 5.54 Å². The highest BCUT2D eigenvalue weighted by molar-refractivity contribution is 6.31. The van der Waals surface area contributed by atoms with Gasteiger partial charge in [0.15, 0.2) is 11.5 Å². The number of nitrogens with one attached hydrogen (secondary N) is 2. The number of hydrogen-bond donors (Lipinski definition) is 2. The van der Waals surface area contributed by atoms with Gasteiger partial charge in [0.2, 0.25) is 0 Å². The van der Waals surface area contributed by atoms with E-state index >= 15 is 0 Å². The van der Waals surface area contributed by atoms with Crippen molar-refractivity contribution in [3.05, 3.63) is 58.6 Å². The van der Waals surface area contributed by atoms with Crippen LogP contribution in [0.5, 0.6) is 11.5 Å². The lowest BCUT2D eigenvalue weighted by Gasteiger charge is -2.45. The first-order valence-corrected chi connectivity index (χ1v) is 10.4. The van der Waals surface area contributed by atoms with Crippen LogP contribution in [0.15, 0.2) is 42.5 Å².